The number of amides is 1. The Morgan fingerprint density at radius 1 is 1.20 bits per heavy atom. The van der Waals surface area contributed by atoms with E-state index in [1.807, 2.05) is 44.2 Å². The van der Waals surface area contributed by atoms with Gasteiger partial charge in [-0.3, -0.25) is 9.59 Å². The third kappa shape index (κ3) is 5.01. The average Bonchev–Trinajstić information content (AvgIpc) is 2.67. The van der Waals surface area contributed by atoms with Crippen LogP contribution in [0.15, 0.2) is 30.3 Å². The minimum absolute atomic E-state index is 0.0419. The fourth-order valence-electron chi connectivity index (χ4n) is 3.78. The normalized spacial score (nSPS) is 21.6. The maximum absolute atomic E-state index is 13.1. The number of benzene rings is 1. The van der Waals surface area contributed by atoms with Gasteiger partial charge in [0.15, 0.2) is 8.32 Å². The molecule has 1 aromatic carbocycles. The van der Waals surface area contributed by atoms with Crippen molar-refractivity contribution >= 4 is 37.3 Å². The number of hydrogen-bond donors (Lipinski definition) is 0. The number of carbonyl (C=O) groups is 2. The summed E-state index contributed by atoms with van der Waals surface area (Å²) in [6.45, 7) is 14.9. The van der Waals surface area contributed by atoms with Crippen molar-refractivity contribution in [3.63, 3.8) is 0 Å². The molecule has 1 amide bonds. The molecule has 166 valence electrons. The van der Waals surface area contributed by atoms with E-state index in [0.717, 1.165) is 10.4 Å². The second kappa shape index (κ2) is 9.28. The summed E-state index contributed by atoms with van der Waals surface area (Å²) in [7, 11) is -0.721. The minimum Gasteiger partial charge on any atom is -0.468 e. The van der Waals surface area contributed by atoms with Crippen molar-refractivity contribution in [3.8, 4) is 0 Å². The molecule has 5 nitrogen and oxygen atoms in total. The van der Waals surface area contributed by atoms with Gasteiger partial charge >= 0.3 is 5.97 Å². The fourth-order valence-corrected chi connectivity index (χ4v) is 5.48. The van der Waals surface area contributed by atoms with Crippen molar-refractivity contribution in [1.82, 2.24) is 4.90 Å². The van der Waals surface area contributed by atoms with Crippen molar-refractivity contribution in [2.75, 3.05) is 13.7 Å². The number of ether oxygens (including phenoxy) is 1. The minimum atomic E-state index is -2.05. The Balaban J connectivity index is 2.30. The zero-order chi connectivity index (χ0) is 22.9. The molecule has 0 radical (unpaired) electrons. The number of β-lactam (4-membered cyclic amide) rings is 1. The first kappa shape index (κ1) is 24.7. The number of nitrogens with zero attached hydrogens (tertiary/aromatic N) is 1. The molecule has 0 aromatic heterocycles. The summed E-state index contributed by atoms with van der Waals surface area (Å²) in [6, 6.07) is 9.61. The number of rotatable bonds is 8. The topological polar surface area (TPSA) is 55.8 Å². The van der Waals surface area contributed by atoms with E-state index >= 15 is 0 Å². The molecule has 0 unspecified atom stereocenters. The predicted molar refractivity (Wildman–Crippen MR) is 126 cm³/mol. The number of carbonyl (C=O) groups excluding carboxylic acids is 2. The molecule has 1 aliphatic heterocycles. The SMILES string of the molecule is COC(=O)CN1C(=O)[C@H]([C@@H](C)O[Si](C)(C)C(C)(C)C)[C@H]1[C@H](C)C(=S)c1ccccc1. The van der Waals surface area contributed by atoms with E-state index in [-0.39, 0.29) is 41.5 Å². The maximum Gasteiger partial charge on any atom is 0.325 e. The molecule has 7 heteroatoms. The molecule has 0 N–H and O–H groups in total. The van der Waals surface area contributed by atoms with Crippen LogP contribution in [-0.4, -0.2) is 55.8 Å². The lowest BCUT2D eigenvalue weighted by Gasteiger charge is -2.53. The van der Waals surface area contributed by atoms with Crippen LogP contribution in [0.2, 0.25) is 18.1 Å². The van der Waals surface area contributed by atoms with Gasteiger partial charge in [0.25, 0.3) is 0 Å². The van der Waals surface area contributed by atoms with Crippen LogP contribution in [0.4, 0.5) is 0 Å². The second-order valence-electron chi connectivity index (χ2n) is 9.66. The Kier molecular flexibility index (Phi) is 7.64. The molecule has 1 aromatic rings. The zero-order valence-electron chi connectivity index (χ0n) is 19.4. The number of methoxy groups -OCH3 is 1. The van der Waals surface area contributed by atoms with Gasteiger partial charge in [-0.2, -0.15) is 0 Å². The highest BCUT2D eigenvalue weighted by Crippen LogP contribution is 2.42. The summed E-state index contributed by atoms with van der Waals surface area (Å²) >= 11 is 5.78. The Labute approximate surface area is 187 Å². The van der Waals surface area contributed by atoms with E-state index in [0.29, 0.717) is 0 Å². The number of likely N-dealkylation sites (tertiary alicyclic amines) is 1. The molecule has 0 bridgehead atoms. The van der Waals surface area contributed by atoms with Gasteiger partial charge in [-0.05, 0) is 30.6 Å². The standard InChI is InChI=1S/C23H35NO4SSi/c1-15(21(29)17-12-10-9-11-13-17)20-19(22(26)24(20)14-18(25)27-6)16(2)28-30(7,8)23(3,4)5/h9-13,15-16,19-20H,14H2,1-8H3/t15-,16+,19+,20+/m0/s1. The molecule has 0 saturated carbocycles. The first-order valence-corrected chi connectivity index (χ1v) is 13.8. The van der Waals surface area contributed by atoms with Gasteiger partial charge in [-0.1, -0.05) is 70.2 Å². The summed E-state index contributed by atoms with van der Waals surface area (Å²) in [5, 5.41) is 0.0419. The number of thiocarbonyl (C=S) groups is 1. The predicted octanol–water partition coefficient (Wildman–Crippen LogP) is 4.45. The van der Waals surface area contributed by atoms with Crippen LogP contribution in [0.25, 0.3) is 0 Å². The van der Waals surface area contributed by atoms with Gasteiger partial charge in [0.2, 0.25) is 5.91 Å². The molecular weight excluding hydrogens is 414 g/mol. The Morgan fingerprint density at radius 2 is 1.77 bits per heavy atom. The van der Waals surface area contributed by atoms with Crippen LogP contribution in [0, 0.1) is 11.8 Å². The molecule has 1 heterocycles. The van der Waals surface area contributed by atoms with Crippen LogP contribution in [0.5, 0.6) is 0 Å². The van der Waals surface area contributed by atoms with E-state index < -0.39 is 14.3 Å². The van der Waals surface area contributed by atoms with Crippen LogP contribution in [0.3, 0.4) is 0 Å². The monoisotopic (exact) mass is 449 g/mol. The van der Waals surface area contributed by atoms with Crippen molar-refractivity contribution in [1.29, 1.82) is 0 Å². The molecule has 30 heavy (non-hydrogen) atoms. The summed E-state index contributed by atoms with van der Waals surface area (Å²) < 4.78 is 11.4. The van der Waals surface area contributed by atoms with Crippen LogP contribution in [-0.2, 0) is 18.8 Å². The second-order valence-corrected chi connectivity index (χ2v) is 14.9. The summed E-state index contributed by atoms with van der Waals surface area (Å²) in [6.07, 6.45) is -0.252. The van der Waals surface area contributed by atoms with Gasteiger partial charge in [-0.15, -0.1) is 0 Å². The Morgan fingerprint density at radius 3 is 2.27 bits per heavy atom. The average molecular weight is 450 g/mol. The van der Waals surface area contributed by atoms with E-state index in [1.54, 1.807) is 4.90 Å². The summed E-state index contributed by atoms with van der Waals surface area (Å²) in [4.78, 5) is 27.4. The third-order valence-corrected chi connectivity index (χ3v) is 11.8. The molecule has 4 atom stereocenters. The molecular formula is C23H35NO4SSi. The first-order valence-electron chi connectivity index (χ1n) is 10.5. The van der Waals surface area contributed by atoms with Gasteiger partial charge < -0.3 is 14.1 Å². The molecule has 2 rings (SSSR count). The molecule has 1 aliphatic rings. The van der Waals surface area contributed by atoms with Gasteiger partial charge in [0, 0.05) is 10.8 Å². The quantitative estimate of drug-likeness (QED) is 0.193. The van der Waals surface area contributed by atoms with Crippen molar-refractivity contribution in [2.45, 2.75) is 64.9 Å². The number of esters is 1. The van der Waals surface area contributed by atoms with Crippen LogP contribution >= 0.6 is 12.2 Å². The fraction of sp³-hybridized carbons (Fsp3) is 0.609. The Bertz CT molecular complexity index is 790. The largest absolute Gasteiger partial charge is 0.468 e. The Hall–Kier alpha value is -1.57. The molecule has 1 saturated heterocycles. The smallest absolute Gasteiger partial charge is 0.325 e. The van der Waals surface area contributed by atoms with E-state index in [1.165, 1.54) is 7.11 Å². The van der Waals surface area contributed by atoms with E-state index in [4.69, 9.17) is 21.4 Å². The summed E-state index contributed by atoms with van der Waals surface area (Å²) in [5.74, 6) is -0.928. The first-order chi connectivity index (χ1) is 13.8. The van der Waals surface area contributed by atoms with Crippen molar-refractivity contribution in [2.24, 2.45) is 11.8 Å². The summed E-state index contributed by atoms with van der Waals surface area (Å²) in [5.41, 5.74) is 0.967. The molecule has 0 spiro atoms. The van der Waals surface area contributed by atoms with Crippen molar-refractivity contribution < 1.29 is 18.8 Å². The van der Waals surface area contributed by atoms with Crippen molar-refractivity contribution in [3.05, 3.63) is 35.9 Å². The maximum atomic E-state index is 13.1. The highest BCUT2D eigenvalue weighted by Gasteiger charge is 2.55. The third-order valence-electron chi connectivity index (χ3n) is 6.60. The lowest BCUT2D eigenvalue weighted by Crippen LogP contribution is -2.69. The van der Waals surface area contributed by atoms with E-state index in [2.05, 4.69) is 33.9 Å². The lowest BCUT2D eigenvalue weighted by molar-refractivity contribution is -0.171. The van der Waals surface area contributed by atoms with Crippen LogP contribution in [0.1, 0.15) is 40.2 Å². The highest BCUT2D eigenvalue weighted by atomic mass is 32.1. The van der Waals surface area contributed by atoms with Gasteiger partial charge in [0.1, 0.15) is 6.54 Å². The molecule has 1 fully saturated rings. The van der Waals surface area contributed by atoms with E-state index in [9.17, 15) is 9.59 Å². The zero-order valence-corrected chi connectivity index (χ0v) is 21.2. The van der Waals surface area contributed by atoms with Crippen LogP contribution < -0.4 is 0 Å². The molecule has 0 aliphatic carbocycles. The number of hydrogen-bond acceptors (Lipinski definition) is 5. The highest BCUT2D eigenvalue weighted by molar-refractivity contribution is 7.80. The van der Waals surface area contributed by atoms with Gasteiger partial charge in [0.05, 0.1) is 25.2 Å². The van der Waals surface area contributed by atoms with Gasteiger partial charge in [-0.25, -0.2) is 0 Å². The lowest BCUT2D eigenvalue weighted by atomic mass is 9.74.